The number of nitrogens with zero attached hydrogens (tertiary/aromatic N) is 3. The standard InChI is InChI=1S/C11H10ClN3O3/c1-7-2-3-8(15(16)17)6-9(7)11-13-10(4-5-12)18-14-11/h2-3,6H,4-5H2,1H3. The lowest BCUT2D eigenvalue weighted by atomic mass is 10.1. The van der Waals surface area contributed by atoms with Gasteiger partial charge in [0.05, 0.1) is 4.92 Å². The second-order valence-electron chi connectivity index (χ2n) is 3.71. The molecule has 0 N–H and O–H groups in total. The monoisotopic (exact) mass is 267 g/mol. The van der Waals surface area contributed by atoms with Crippen molar-refractivity contribution in [1.82, 2.24) is 10.1 Å². The van der Waals surface area contributed by atoms with Gasteiger partial charge in [0.1, 0.15) is 0 Å². The number of alkyl halides is 1. The minimum atomic E-state index is -0.456. The first-order valence-electron chi connectivity index (χ1n) is 5.26. The maximum Gasteiger partial charge on any atom is 0.270 e. The molecular formula is C11H10ClN3O3. The van der Waals surface area contributed by atoms with Gasteiger partial charge in [-0.05, 0) is 12.5 Å². The van der Waals surface area contributed by atoms with Crippen LogP contribution in [-0.4, -0.2) is 20.9 Å². The van der Waals surface area contributed by atoms with Crippen molar-refractivity contribution < 1.29 is 9.45 Å². The first-order valence-corrected chi connectivity index (χ1v) is 5.79. The highest BCUT2D eigenvalue weighted by Gasteiger charge is 2.14. The molecule has 2 rings (SSSR count). The van der Waals surface area contributed by atoms with E-state index in [2.05, 4.69) is 10.1 Å². The molecule has 0 saturated carbocycles. The lowest BCUT2D eigenvalue weighted by molar-refractivity contribution is -0.384. The summed E-state index contributed by atoms with van der Waals surface area (Å²) in [6.45, 7) is 1.83. The van der Waals surface area contributed by atoms with E-state index in [4.69, 9.17) is 16.1 Å². The van der Waals surface area contributed by atoms with Crippen molar-refractivity contribution in [2.45, 2.75) is 13.3 Å². The number of rotatable bonds is 4. The van der Waals surface area contributed by atoms with Gasteiger partial charge in [-0.1, -0.05) is 11.2 Å². The van der Waals surface area contributed by atoms with E-state index < -0.39 is 4.92 Å². The largest absolute Gasteiger partial charge is 0.339 e. The summed E-state index contributed by atoms with van der Waals surface area (Å²) in [6, 6.07) is 4.54. The van der Waals surface area contributed by atoms with E-state index in [9.17, 15) is 10.1 Å². The quantitative estimate of drug-likeness (QED) is 0.483. The van der Waals surface area contributed by atoms with Gasteiger partial charge in [-0.25, -0.2) is 0 Å². The molecule has 0 unspecified atom stereocenters. The number of halogens is 1. The number of nitro groups is 1. The van der Waals surface area contributed by atoms with E-state index in [0.717, 1.165) is 5.56 Å². The van der Waals surface area contributed by atoms with Gasteiger partial charge in [-0.15, -0.1) is 11.6 Å². The van der Waals surface area contributed by atoms with Crippen LogP contribution in [0.5, 0.6) is 0 Å². The molecule has 7 heteroatoms. The van der Waals surface area contributed by atoms with Gasteiger partial charge in [-0.3, -0.25) is 10.1 Å². The number of aryl methyl sites for hydroxylation is 2. The Kier molecular flexibility index (Phi) is 3.57. The van der Waals surface area contributed by atoms with Crippen LogP contribution in [0.2, 0.25) is 0 Å². The van der Waals surface area contributed by atoms with Gasteiger partial charge in [-0.2, -0.15) is 4.98 Å². The summed E-state index contributed by atoms with van der Waals surface area (Å²) in [4.78, 5) is 14.4. The predicted octanol–water partition coefficient (Wildman–Crippen LogP) is 2.73. The third-order valence-electron chi connectivity index (χ3n) is 2.45. The Labute approximate surface area is 108 Å². The second kappa shape index (κ2) is 5.14. The van der Waals surface area contributed by atoms with E-state index in [0.29, 0.717) is 29.6 Å². The molecule has 0 amide bonds. The molecule has 1 heterocycles. The SMILES string of the molecule is Cc1ccc([N+](=O)[O-])cc1-c1noc(CCCl)n1. The van der Waals surface area contributed by atoms with E-state index in [1.807, 2.05) is 6.92 Å². The maximum atomic E-state index is 10.7. The summed E-state index contributed by atoms with van der Waals surface area (Å²) in [7, 11) is 0. The Bertz CT molecular complexity index is 583. The van der Waals surface area contributed by atoms with E-state index in [1.165, 1.54) is 12.1 Å². The molecule has 94 valence electrons. The molecule has 0 fully saturated rings. The fourth-order valence-corrected chi connectivity index (χ4v) is 1.67. The number of benzene rings is 1. The Morgan fingerprint density at radius 2 is 2.28 bits per heavy atom. The van der Waals surface area contributed by atoms with Crippen molar-refractivity contribution in [3.05, 3.63) is 39.8 Å². The van der Waals surface area contributed by atoms with Crippen molar-refractivity contribution in [3.63, 3.8) is 0 Å². The second-order valence-corrected chi connectivity index (χ2v) is 4.09. The number of hydrogen-bond donors (Lipinski definition) is 0. The van der Waals surface area contributed by atoms with Gasteiger partial charge < -0.3 is 4.52 Å². The fourth-order valence-electron chi connectivity index (χ4n) is 1.51. The van der Waals surface area contributed by atoms with Gasteiger partial charge >= 0.3 is 0 Å². The van der Waals surface area contributed by atoms with Crippen LogP contribution in [0.15, 0.2) is 22.7 Å². The minimum absolute atomic E-state index is 0.000654. The summed E-state index contributed by atoms with van der Waals surface area (Å²) >= 11 is 5.57. The molecule has 2 aromatic rings. The highest BCUT2D eigenvalue weighted by molar-refractivity contribution is 6.17. The molecular weight excluding hydrogens is 258 g/mol. The first-order chi connectivity index (χ1) is 8.61. The summed E-state index contributed by atoms with van der Waals surface area (Å²) < 4.78 is 5.00. The lowest BCUT2D eigenvalue weighted by Crippen LogP contribution is -1.92. The topological polar surface area (TPSA) is 82.1 Å². The van der Waals surface area contributed by atoms with Crippen LogP contribution in [0.3, 0.4) is 0 Å². The zero-order valence-electron chi connectivity index (χ0n) is 9.59. The van der Waals surface area contributed by atoms with Crippen molar-refractivity contribution >= 4 is 17.3 Å². The smallest absolute Gasteiger partial charge is 0.270 e. The lowest BCUT2D eigenvalue weighted by Gasteiger charge is -2.00. The maximum absolute atomic E-state index is 10.7. The molecule has 0 bridgehead atoms. The van der Waals surface area contributed by atoms with Crippen LogP contribution >= 0.6 is 11.6 Å². The molecule has 0 spiro atoms. The first kappa shape index (κ1) is 12.5. The highest BCUT2D eigenvalue weighted by Crippen LogP contribution is 2.25. The number of non-ortho nitro benzene ring substituents is 1. The molecule has 6 nitrogen and oxygen atoms in total. The average Bonchev–Trinajstić information content (AvgIpc) is 2.78. The molecule has 0 radical (unpaired) electrons. The van der Waals surface area contributed by atoms with Gasteiger partial charge in [0.15, 0.2) is 0 Å². The van der Waals surface area contributed by atoms with Crippen LogP contribution in [0.4, 0.5) is 5.69 Å². The molecule has 1 aromatic carbocycles. The molecule has 1 aromatic heterocycles. The average molecular weight is 268 g/mol. The van der Waals surface area contributed by atoms with E-state index in [-0.39, 0.29) is 5.69 Å². The summed E-state index contributed by atoms with van der Waals surface area (Å²) in [5.41, 5.74) is 1.44. The Hall–Kier alpha value is -1.95. The van der Waals surface area contributed by atoms with Crippen molar-refractivity contribution in [2.75, 3.05) is 5.88 Å². The van der Waals surface area contributed by atoms with Crippen LogP contribution in [0.25, 0.3) is 11.4 Å². The number of hydrogen-bond acceptors (Lipinski definition) is 5. The summed E-state index contributed by atoms with van der Waals surface area (Å²) in [5.74, 6) is 1.15. The molecule has 0 aliphatic carbocycles. The van der Waals surface area contributed by atoms with Crippen molar-refractivity contribution in [3.8, 4) is 11.4 Å². The van der Waals surface area contributed by atoms with Gasteiger partial charge in [0.2, 0.25) is 11.7 Å². The van der Waals surface area contributed by atoms with Crippen LogP contribution in [0, 0.1) is 17.0 Å². The van der Waals surface area contributed by atoms with Crippen molar-refractivity contribution in [2.24, 2.45) is 0 Å². The van der Waals surface area contributed by atoms with Crippen LogP contribution < -0.4 is 0 Å². The molecule has 0 atom stereocenters. The Morgan fingerprint density at radius 3 is 2.94 bits per heavy atom. The number of aromatic nitrogens is 2. The van der Waals surface area contributed by atoms with Crippen LogP contribution in [-0.2, 0) is 6.42 Å². The zero-order chi connectivity index (χ0) is 13.1. The Balaban J connectivity index is 2.41. The summed E-state index contributed by atoms with van der Waals surface area (Å²) in [6.07, 6.45) is 0.475. The highest BCUT2D eigenvalue weighted by atomic mass is 35.5. The van der Waals surface area contributed by atoms with Gasteiger partial charge in [0, 0.05) is 30.0 Å². The third-order valence-corrected chi connectivity index (χ3v) is 2.64. The van der Waals surface area contributed by atoms with E-state index >= 15 is 0 Å². The predicted molar refractivity (Wildman–Crippen MR) is 65.5 cm³/mol. The Morgan fingerprint density at radius 1 is 1.50 bits per heavy atom. The summed E-state index contributed by atoms with van der Waals surface area (Å²) in [5, 5.41) is 14.5. The van der Waals surface area contributed by atoms with E-state index in [1.54, 1.807) is 6.07 Å². The fraction of sp³-hybridized carbons (Fsp3) is 0.273. The minimum Gasteiger partial charge on any atom is -0.339 e. The molecule has 0 aliphatic heterocycles. The normalized spacial score (nSPS) is 10.6. The number of nitro benzene ring substituents is 1. The van der Waals surface area contributed by atoms with Crippen molar-refractivity contribution in [1.29, 1.82) is 0 Å². The molecule has 18 heavy (non-hydrogen) atoms. The molecule has 0 aliphatic rings. The molecule has 0 saturated heterocycles. The van der Waals surface area contributed by atoms with Crippen LogP contribution in [0.1, 0.15) is 11.5 Å². The zero-order valence-corrected chi connectivity index (χ0v) is 10.3. The van der Waals surface area contributed by atoms with Gasteiger partial charge in [0.25, 0.3) is 5.69 Å². The third kappa shape index (κ3) is 2.48.